The number of nitrogens with zero attached hydrogens (tertiary/aromatic N) is 3. The number of rotatable bonds is 4. The molecule has 2 amide bonds. The van der Waals surface area contributed by atoms with Gasteiger partial charge in [-0.25, -0.2) is 9.67 Å². The number of carbonyl (C=O) groups is 2. The molecule has 3 heterocycles. The van der Waals surface area contributed by atoms with Gasteiger partial charge in [0.1, 0.15) is 13.2 Å². The van der Waals surface area contributed by atoms with Gasteiger partial charge in [-0.05, 0) is 50.6 Å². The molecule has 9 nitrogen and oxygen atoms in total. The van der Waals surface area contributed by atoms with Gasteiger partial charge in [0.15, 0.2) is 17.1 Å². The third kappa shape index (κ3) is 4.28. The molecule has 0 bridgehead atoms. The van der Waals surface area contributed by atoms with Gasteiger partial charge >= 0.3 is 0 Å². The van der Waals surface area contributed by atoms with E-state index < -0.39 is 11.8 Å². The smallest absolute Gasteiger partial charge is 0.270 e. The first-order valence-corrected chi connectivity index (χ1v) is 11.4. The van der Waals surface area contributed by atoms with Gasteiger partial charge in [0, 0.05) is 17.2 Å². The van der Waals surface area contributed by atoms with Gasteiger partial charge in [0.2, 0.25) is 0 Å². The van der Waals surface area contributed by atoms with Crippen LogP contribution in [0.25, 0.3) is 22.3 Å². The fourth-order valence-corrected chi connectivity index (χ4v) is 4.02. The Hall–Kier alpha value is -4.40. The summed E-state index contributed by atoms with van der Waals surface area (Å²) in [5, 5.41) is 5.04. The number of nitrogens with one attached hydrogen (secondary N) is 2. The Morgan fingerprint density at radius 3 is 2.49 bits per heavy atom. The van der Waals surface area contributed by atoms with E-state index in [1.54, 1.807) is 35.1 Å². The molecule has 0 saturated carbocycles. The number of benzene rings is 2. The van der Waals surface area contributed by atoms with Gasteiger partial charge < -0.3 is 9.47 Å². The molecule has 0 unspecified atom stereocenters. The van der Waals surface area contributed by atoms with Crippen molar-refractivity contribution in [3.8, 4) is 22.8 Å². The molecule has 4 aromatic rings. The number of fused-ring (bicyclic) bond motifs is 2. The van der Waals surface area contributed by atoms with Gasteiger partial charge in [-0.15, -0.1) is 0 Å². The molecule has 2 aromatic carbocycles. The largest absolute Gasteiger partial charge is 0.486 e. The molecule has 0 atom stereocenters. The van der Waals surface area contributed by atoms with E-state index in [0.717, 1.165) is 11.1 Å². The second kappa shape index (κ2) is 9.09. The SMILES string of the molecule is Cc1ccccc1-c1cc(C(=O)NNC(=O)c2ccc3c(c2)OCCO3)c2cnn(C(C)C)c2n1. The van der Waals surface area contributed by atoms with Crippen LogP contribution in [0, 0.1) is 6.92 Å². The van der Waals surface area contributed by atoms with Crippen molar-refractivity contribution in [3.63, 3.8) is 0 Å². The Bertz CT molecular complexity index is 1440. The number of aryl methyl sites for hydroxylation is 1. The average molecular weight is 472 g/mol. The molecule has 0 radical (unpaired) electrons. The van der Waals surface area contributed by atoms with Gasteiger partial charge in [-0.2, -0.15) is 5.10 Å². The van der Waals surface area contributed by atoms with Crippen LogP contribution in [0.5, 0.6) is 11.5 Å². The lowest BCUT2D eigenvalue weighted by atomic mass is 10.0. The Morgan fingerprint density at radius 1 is 0.971 bits per heavy atom. The molecule has 35 heavy (non-hydrogen) atoms. The van der Waals surface area contributed by atoms with Crippen molar-refractivity contribution >= 4 is 22.8 Å². The van der Waals surface area contributed by atoms with E-state index in [0.29, 0.717) is 52.6 Å². The van der Waals surface area contributed by atoms with Crippen molar-refractivity contribution in [2.75, 3.05) is 13.2 Å². The predicted molar refractivity (Wildman–Crippen MR) is 130 cm³/mol. The van der Waals surface area contributed by atoms with E-state index in [2.05, 4.69) is 16.0 Å². The van der Waals surface area contributed by atoms with Gasteiger partial charge in [0.25, 0.3) is 11.8 Å². The Labute approximate surface area is 202 Å². The molecular weight excluding hydrogens is 446 g/mol. The van der Waals surface area contributed by atoms with Crippen molar-refractivity contribution in [1.82, 2.24) is 25.6 Å². The summed E-state index contributed by atoms with van der Waals surface area (Å²) < 4.78 is 12.8. The molecule has 1 aliphatic rings. The molecule has 178 valence electrons. The molecular formula is C26H25N5O4. The fraction of sp³-hybridized carbons (Fsp3) is 0.231. The zero-order valence-electron chi connectivity index (χ0n) is 19.7. The lowest BCUT2D eigenvalue weighted by molar-refractivity contribution is 0.0847. The minimum atomic E-state index is -0.474. The summed E-state index contributed by atoms with van der Waals surface area (Å²) in [7, 11) is 0. The molecule has 0 fully saturated rings. The van der Waals surface area contributed by atoms with Gasteiger partial charge in [-0.1, -0.05) is 24.3 Å². The summed E-state index contributed by atoms with van der Waals surface area (Å²) in [5.74, 6) is 0.135. The van der Waals surface area contributed by atoms with Crippen LogP contribution >= 0.6 is 0 Å². The molecule has 0 aliphatic carbocycles. The van der Waals surface area contributed by atoms with Crippen molar-refractivity contribution in [3.05, 3.63) is 71.4 Å². The zero-order valence-corrected chi connectivity index (χ0v) is 19.7. The van der Waals surface area contributed by atoms with Gasteiger partial charge in [0.05, 0.1) is 22.8 Å². The summed E-state index contributed by atoms with van der Waals surface area (Å²) in [4.78, 5) is 30.8. The Balaban J connectivity index is 1.45. The number of hydrogen-bond acceptors (Lipinski definition) is 6. The van der Waals surface area contributed by atoms with Crippen LogP contribution in [0.15, 0.2) is 54.7 Å². The molecule has 0 saturated heterocycles. The molecule has 9 heteroatoms. The molecule has 5 rings (SSSR count). The number of pyridine rings is 1. The first-order valence-electron chi connectivity index (χ1n) is 11.4. The quantitative estimate of drug-likeness (QED) is 0.438. The van der Waals surface area contributed by atoms with Crippen LogP contribution in [0.4, 0.5) is 0 Å². The highest BCUT2D eigenvalue weighted by Crippen LogP contribution is 2.31. The van der Waals surface area contributed by atoms with Crippen molar-refractivity contribution in [2.45, 2.75) is 26.8 Å². The summed E-state index contributed by atoms with van der Waals surface area (Å²) in [5.41, 5.74) is 8.92. The van der Waals surface area contributed by atoms with E-state index >= 15 is 0 Å². The molecule has 2 aromatic heterocycles. The number of hydrazine groups is 1. The highest BCUT2D eigenvalue weighted by molar-refractivity contribution is 6.07. The summed E-state index contributed by atoms with van der Waals surface area (Å²) in [6.45, 7) is 6.88. The zero-order chi connectivity index (χ0) is 24.5. The Morgan fingerprint density at radius 2 is 1.71 bits per heavy atom. The third-order valence-corrected chi connectivity index (χ3v) is 5.82. The van der Waals surface area contributed by atoms with Crippen LogP contribution in [-0.4, -0.2) is 39.8 Å². The lowest BCUT2D eigenvalue weighted by Gasteiger charge is -2.18. The van der Waals surface area contributed by atoms with Crippen molar-refractivity contribution < 1.29 is 19.1 Å². The van der Waals surface area contributed by atoms with Crippen molar-refractivity contribution in [2.24, 2.45) is 0 Å². The monoisotopic (exact) mass is 471 g/mol. The first kappa shape index (κ1) is 22.4. The number of ether oxygens (including phenoxy) is 2. The number of hydrogen-bond donors (Lipinski definition) is 2. The minimum absolute atomic E-state index is 0.0536. The normalized spacial score (nSPS) is 12.6. The second-order valence-corrected chi connectivity index (χ2v) is 8.56. The van der Waals surface area contributed by atoms with Gasteiger partial charge in [-0.3, -0.25) is 20.4 Å². The van der Waals surface area contributed by atoms with Crippen LogP contribution in [0.3, 0.4) is 0 Å². The standard InChI is InChI=1S/C26H25N5O4/c1-15(2)31-24-20(14-27-31)19(13-21(28-24)18-7-5-4-6-16(18)3)26(33)30-29-25(32)17-8-9-22-23(12-17)35-11-10-34-22/h4-9,12-15H,10-11H2,1-3H3,(H,29,32)(H,30,33). The molecule has 2 N–H and O–H groups in total. The maximum atomic E-state index is 13.2. The van der Waals surface area contributed by atoms with E-state index in [1.807, 2.05) is 45.0 Å². The van der Waals surface area contributed by atoms with Crippen LogP contribution in [0.1, 0.15) is 46.2 Å². The predicted octanol–water partition coefficient (Wildman–Crippen LogP) is 3.83. The van der Waals surface area contributed by atoms with E-state index in [4.69, 9.17) is 14.5 Å². The number of aromatic nitrogens is 3. The molecule has 0 spiro atoms. The number of amides is 2. The van der Waals surface area contributed by atoms with Crippen molar-refractivity contribution in [1.29, 1.82) is 0 Å². The van der Waals surface area contributed by atoms with Crippen LogP contribution in [-0.2, 0) is 0 Å². The maximum Gasteiger partial charge on any atom is 0.270 e. The van der Waals surface area contributed by atoms with Crippen LogP contribution in [0.2, 0.25) is 0 Å². The lowest BCUT2D eigenvalue weighted by Crippen LogP contribution is -2.41. The average Bonchev–Trinajstić information content (AvgIpc) is 3.31. The first-order chi connectivity index (χ1) is 16.9. The second-order valence-electron chi connectivity index (χ2n) is 8.56. The van der Waals surface area contributed by atoms with E-state index in [-0.39, 0.29) is 6.04 Å². The van der Waals surface area contributed by atoms with Crippen LogP contribution < -0.4 is 20.3 Å². The highest BCUT2D eigenvalue weighted by Gasteiger charge is 2.20. The third-order valence-electron chi connectivity index (χ3n) is 5.82. The number of carbonyl (C=O) groups excluding carboxylic acids is 2. The topological polar surface area (TPSA) is 107 Å². The maximum absolute atomic E-state index is 13.2. The van der Waals surface area contributed by atoms with E-state index in [9.17, 15) is 9.59 Å². The summed E-state index contributed by atoms with van der Waals surface area (Å²) in [6.07, 6.45) is 1.63. The minimum Gasteiger partial charge on any atom is -0.486 e. The summed E-state index contributed by atoms with van der Waals surface area (Å²) in [6, 6.07) is 14.5. The Kier molecular flexibility index (Phi) is 5.82. The molecule has 1 aliphatic heterocycles. The fourth-order valence-electron chi connectivity index (χ4n) is 4.02. The van der Waals surface area contributed by atoms with E-state index in [1.165, 1.54) is 0 Å². The highest BCUT2D eigenvalue weighted by atomic mass is 16.6. The summed E-state index contributed by atoms with van der Waals surface area (Å²) >= 11 is 0.